The molecule has 0 spiro atoms. The fourth-order valence-electron chi connectivity index (χ4n) is 1.77. The van der Waals surface area contributed by atoms with E-state index in [2.05, 4.69) is 0 Å². The summed E-state index contributed by atoms with van der Waals surface area (Å²) in [5.41, 5.74) is 0.531. The molecule has 6 heteroatoms. The van der Waals surface area contributed by atoms with Gasteiger partial charge in [0.25, 0.3) is 5.91 Å². The van der Waals surface area contributed by atoms with Crippen LogP contribution >= 0.6 is 0 Å². The van der Waals surface area contributed by atoms with E-state index in [0.717, 1.165) is 0 Å². The maximum absolute atomic E-state index is 12.2. The molecule has 0 saturated heterocycles. The Bertz CT molecular complexity index is 481. The molecule has 6 nitrogen and oxygen atoms in total. The van der Waals surface area contributed by atoms with Gasteiger partial charge in [-0.3, -0.25) is 4.79 Å². The maximum atomic E-state index is 12.2. The SMILES string of the molecule is COCCN(CCO)C(=O)C(C)Oc1ccc(C#N)cc1. The second-order valence-corrected chi connectivity index (χ2v) is 4.44. The standard InChI is InChI=1S/C15H20N2O4/c1-12(15(19)17(7-9-18)8-10-20-2)21-14-5-3-13(11-16)4-6-14/h3-6,12,18H,7-10H2,1-2H3. The molecule has 0 aliphatic carbocycles. The Kier molecular flexibility index (Phi) is 7.23. The number of aliphatic hydroxyl groups excluding tert-OH is 1. The number of carbonyl (C=O) groups is 1. The van der Waals surface area contributed by atoms with Crippen LogP contribution in [0.25, 0.3) is 0 Å². The molecule has 1 amide bonds. The molecule has 114 valence electrons. The average molecular weight is 292 g/mol. The molecule has 1 aromatic carbocycles. The summed E-state index contributed by atoms with van der Waals surface area (Å²) < 4.78 is 10.5. The highest BCUT2D eigenvalue weighted by Crippen LogP contribution is 2.14. The molecule has 1 N–H and O–H groups in total. The third-order valence-corrected chi connectivity index (χ3v) is 2.89. The van der Waals surface area contributed by atoms with Crippen LogP contribution in [0.1, 0.15) is 12.5 Å². The second-order valence-electron chi connectivity index (χ2n) is 4.44. The topological polar surface area (TPSA) is 82.8 Å². The van der Waals surface area contributed by atoms with Crippen molar-refractivity contribution in [3.8, 4) is 11.8 Å². The lowest BCUT2D eigenvalue weighted by Gasteiger charge is -2.25. The first-order valence-corrected chi connectivity index (χ1v) is 6.67. The number of nitriles is 1. The van der Waals surface area contributed by atoms with Gasteiger partial charge in [-0.05, 0) is 31.2 Å². The van der Waals surface area contributed by atoms with Gasteiger partial charge in [-0.25, -0.2) is 0 Å². The molecule has 0 aliphatic rings. The van der Waals surface area contributed by atoms with E-state index < -0.39 is 6.10 Å². The number of aliphatic hydroxyl groups is 1. The van der Waals surface area contributed by atoms with E-state index in [-0.39, 0.29) is 19.1 Å². The van der Waals surface area contributed by atoms with Crippen LogP contribution in [0, 0.1) is 11.3 Å². The van der Waals surface area contributed by atoms with E-state index in [1.807, 2.05) is 6.07 Å². The molecule has 0 aliphatic heterocycles. The Hall–Kier alpha value is -2.10. The van der Waals surface area contributed by atoms with Gasteiger partial charge < -0.3 is 19.5 Å². The molecule has 0 heterocycles. The van der Waals surface area contributed by atoms with Crippen LogP contribution < -0.4 is 4.74 Å². The van der Waals surface area contributed by atoms with Crippen molar-refractivity contribution >= 4 is 5.91 Å². The van der Waals surface area contributed by atoms with Crippen molar-refractivity contribution in [1.82, 2.24) is 4.90 Å². The van der Waals surface area contributed by atoms with E-state index in [4.69, 9.17) is 19.8 Å². The van der Waals surface area contributed by atoms with Gasteiger partial charge in [0.05, 0.1) is 24.8 Å². The van der Waals surface area contributed by atoms with E-state index in [1.165, 1.54) is 4.90 Å². The Morgan fingerprint density at radius 2 is 2.05 bits per heavy atom. The molecule has 0 radical (unpaired) electrons. The molecule has 0 saturated carbocycles. The van der Waals surface area contributed by atoms with Crippen LogP contribution in [-0.4, -0.2) is 55.4 Å². The molecule has 1 unspecified atom stereocenters. The first-order chi connectivity index (χ1) is 10.1. The van der Waals surface area contributed by atoms with Gasteiger partial charge in [-0.1, -0.05) is 0 Å². The number of amides is 1. The second kappa shape index (κ2) is 8.95. The number of rotatable bonds is 8. The third kappa shape index (κ3) is 5.42. The predicted molar refractivity (Wildman–Crippen MR) is 76.8 cm³/mol. The van der Waals surface area contributed by atoms with Crippen molar-refractivity contribution in [3.05, 3.63) is 29.8 Å². The Labute approximate surface area is 124 Å². The number of benzene rings is 1. The number of hydrogen-bond acceptors (Lipinski definition) is 5. The lowest BCUT2D eigenvalue weighted by Crippen LogP contribution is -2.43. The molecular formula is C15H20N2O4. The minimum absolute atomic E-state index is 0.112. The predicted octanol–water partition coefficient (Wildman–Crippen LogP) is 0.793. The first-order valence-electron chi connectivity index (χ1n) is 6.67. The van der Waals surface area contributed by atoms with Gasteiger partial charge in [-0.15, -0.1) is 0 Å². The summed E-state index contributed by atoms with van der Waals surface area (Å²) in [7, 11) is 1.55. The Morgan fingerprint density at radius 3 is 2.57 bits per heavy atom. The van der Waals surface area contributed by atoms with Crippen molar-refractivity contribution in [2.24, 2.45) is 0 Å². The van der Waals surface area contributed by atoms with E-state index in [1.54, 1.807) is 38.3 Å². The Balaban J connectivity index is 2.64. The molecule has 1 aromatic rings. The monoisotopic (exact) mass is 292 g/mol. The highest BCUT2D eigenvalue weighted by molar-refractivity contribution is 5.80. The largest absolute Gasteiger partial charge is 0.481 e. The smallest absolute Gasteiger partial charge is 0.263 e. The van der Waals surface area contributed by atoms with Gasteiger partial charge in [0.2, 0.25) is 0 Å². The minimum Gasteiger partial charge on any atom is -0.481 e. The van der Waals surface area contributed by atoms with Crippen LogP contribution in [-0.2, 0) is 9.53 Å². The summed E-state index contributed by atoms with van der Waals surface area (Å²) in [5, 5.41) is 17.7. The summed E-state index contributed by atoms with van der Waals surface area (Å²) in [6.45, 7) is 2.58. The van der Waals surface area contributed by atoms with Crippen LogP contribution in [0.4, 0.5) is 0 Å². The normalized spacial score (nSPS) is 11.5. The number of nitrogens with zero attached hydrogens (tertiary/aromatic N) is 2. The van der Waals surface area contributed by atoms with E-state index in [0.29, 0.717) is 24.5 Å². The zero-order valence-electron chi connectivity index (χ0n) is 12.3. The lowest BCUT2D eigenvalue weighted by molar-refractivity contribution is -0.139. The summed E-state index contributed by atoms with van der Waals surface area (Å²) in [6, 6.07) is 8.57. The number of ether oxygens (including phenoxy) is 2. The van der Waals surface area contributed by atoms with Crippen LogP contribution in [0.3, 0.4) is 0 Å². The van der Waals surface area contributed by atoms with Crippen LogP contribution in [0.5, 0.6) is 5.75 Å². The summed E-state index contributed by atoms with van der Waals surface area (Å²) in [6.07, 6.45) is -0.679. The molecule has 0 fully saturated rings. The number of carbonyl (C=O) groups excluding carboxylic acids is 1. The molecule has 21 heavy (non-hydrogen) atoms. The van der Waals surface area contributed by atoms with Gasteiger partial charge in [0.1, 0.15) is 5.75 Å². The van der Waals surface area contributed by atoms with Crippen LogP contribution in [0.15, 0.2) is 24.3 Å². The Morgan fingerprint density at radius 1 is 1.38 bits per heavy atom. The van der Waals surface area contributed by atoms with Crippen molar-refractivity contribution in [1.29, 1.82) is 5.26 Å². The fourth-order valence-corrected chi connectivity index (χ4v) is 1.77. The average Bonchev–Trinajstić information content (AvgIpc) is 2.51. The molecule has 1 rings (SSSR count). The lowest BCUT2D eigenvalue weighted by atomic mass is 10.2. The zero-order chi connectivity index (χ0) is 15.7. The highest BCUT2D eigenvalue weighted by Gasteiger charge is 2.21. The summed E-state index contributed by atoms with van der Waals surface area (Å²) in [5.74, 6) is 0.302. The van der Waals surface area contributed by atoms with E-state index in [9.17, 15) is 4.79 Å². The fraction of sp³-hybridized carbons (Fsp3) is 0.467. The number of methoxy groups -OCH3 is 1. The van der Waals surface area contributed by atoms with Gasteiger partial charge in [0.15, 0.2) is 6.10 Å². The van der Waals surface area contributed by atoms with Gasteiger partial charge >= 0.3 is 0 Å². The summed E-state index contributed by atoms with van der Waals surface area (Å²) >= 11 is 0. The molecule has 0 aromatic heterocycles. The third-order valence-electron chi connectivity index (χ3n) is 2.89. The van der Waals surface area contributed by atoms with Crippen molar-refractivity contribution in [2.75, 3.05) is 33.4 Å². The molecular weight excluding hydrogens is 272 g/mol. The van der Waals surface area contributed by atoms with Crippen molar-refractivity contribution < 1.29 is 19.4 Å². The molecule has 1 atom stereocenters. The highest BCUT2D eigenvalue weighted by atomic mass is 16.5. The van der Waals surface area contributed by atoms with Gasteiger partial charge in [-0.2, -0.15) is 5.26 Å². The van der Waals surface area contributed by atoms with Crippen LogP contribution in [0.2, 0.25) is 0 Å². The minimum atomic E-state index is -0.679. The quantitative estimate of drug-likeness (QED) is 0.766. The van der Waals surface area contributed by atoms with Crippen molar-refractivity contribution in [2.45, 2.75) is 13.0 Å². The first kappa shape index (κ1) is 17.0. The van der Waals surface area contributed by atoms with Gasteiger partial charge in [0, 0.05) is 20.2 Å². The molecule has 0 bridgehead atoms. The maximum Gasteiger partial charge on any atom is 0.263 e. The van der Waals surface area contributed by atoms with Crippen molar-refractivity contribution in [3.63, 3.8) is 0 Å². The zero-order valence-corrected chi connectivity index (χ0v) is 12.3. The number of hydrogen-bond donors (Lipinski definition) is 1. The van der Waals surface area contributed by atoms with E-state index >= 15 is 0 Å². The summed E-state index contributed by atoms with van der Waals surface area (Å²) in [4.78, 5) is 13.7.